The van der Waals surface area contributed by atoms with Crippen molar-refractivity contribution in [1.29, 1.82) is 0 Å². The Morgan fingerprint density at radius 2 is 2.00 bits per heavy atom. The Hall–Kier alpha value is -1.28. The van der Waals surface area contributed by atoms with Gasteiger partial charge in [-0.15, -0.1) is 0 Å². The minimum atomic E-state index is -1.00. The van der Waals surface area contributed by atoms with Crippen LogP contribution in [0, 0.1) is 0 Å². The summed E-state index contributed by atoms with van der Waals surface area (Å²) in [5.74, 6) is -0.671. The number of esters is 1. The van der Waals surface area contributed by atoms with Gasteiger partial charge in [-0.1, -0.05) is 0 Å². The molecule has 1 aliphatic heterocycles. The molecule has 3 atom stereocenters. The molecule has 2 unspecified atom stereocenters. The summed E-state index contributed by atoms with van der Waals surface area (Å²) in [5.41, 5.74) is 0. The second kappa shape index (κ2) is 7.49. The number of nitrogens with one attached hydrogen (secondary N) is 1. The molecule has 0 aromatic heterocycles. The number of carboxylic acids is 1. The van der Waals surface area contributed by atoms with Gasteiger partial charge in [-0.05, 0) is 13.8 Å². The molecule has 1 rings (SSSR count). The third kappa shape index (κ3) is 4.11. The maximum absolute atomic E-state index is 12.3. The summed E-state index contributed by atoms with van der Waals surface area (Å²) in [7, 11) is 1.27. The van der Waals surface area contributed by atoms with E-state index in [0.717, 1.165) is 5.75 Å². The number of amides is 1. The van der Waals surface area contributed by atoms with Gasteiger partial charge in [0.25, 0.3) is 0 Å². The summed E-state index contributed by atoms with van der Waals surface area (Å²) in [5, 5.41) is 12.0. The molecule has 1 aliphatic rings. The first-order valence-corrected chi connectivity index (χ1v) is 7.48. The van der Waals surface area contributed by atoms with Crippen LogP contribution in [-0.4, -0.2) is 71.1 Å². The molecule has 7 nitrogen and oxygen atoms in total. The number of nitrogens with zero attached hydrogens (tertiary/aromatic N) is 1. The highest BCUT2D eigenvalue weighted by atomic mass is 32.2. The van der Waals surface area contributed by atoms with Crippen LogP contribution in [0.15, 0.2) is 0 Å². The van der Waals surface area contributed by atoms with Crippen LogP contribution in [0.3, 0.4) is 0 Å². The number of methoxy groups -OCH3 is 1. The van der Waals surface area contributed by atoms with Gasteiger partial charge in [0.2, 0.25) is 5.91 Å². The number of carbonyl (C=O) groups is 3. The Morgan fingerprint density at radius 1 is 1.35 bits per heavy atom. The van der Waals surface area contributed by atoms with Gasteiger partial charge in [0.15, 0.2) is 0 Å². The third-order valence-corrected chi connectivity index (χ3v) is 4.14. The van der Waals surface area contributed by atoms with Gasteiger partial charge in [-0.3, -0.25) is 14.9 Å². The second-order valence-electron chi connectivity index (χ2n) is 4.59. The smallest absolute Gasteiger partial charge is 0.327 e. The molecule has 1 saturated heterocycles. The number of aliphatic carboxylic acids is 1. The molecule has 0 aromatic rings. The number of carbonyl (C=O) groups excluding carboxylic acids is 2. The predicted molar refractivity (Wildman–Crippen MR) is 74.5 cm³/mol. The van der Waals surface area contributed by atoms with Crippen LogP contribution >= 0.6 is 11.8 Å². The van der Waals surface area contributed by atoms with Gasteiger partial charge in [-0.25, -0.2) is 4.79 Å². The van der Waals surface area contributed by atoms with E-state index in [1.165, 1.54) is 23.8 Å². The van der Waals surface area contributed by atoms with Crippen LogP contribution in [0.1, 0.15) is 13.8 Å². The Labute approximate surface area is 122 Å². The summed E-state index contributed by atoms with van der Waals surface area (Å²) in [4.78, 5) is 36.1. The number of ether oxygens (including phenoxy) is 1. The summed E-state index contributed by atoms with van der Waals surface area (Å²) in [6.45, 7) is 3.61. The van der Waals surface area contributed by atoms with Gasteiger partial charge < -0.3 is 14.7 Å². The van der Waals surface area contributed by atoms with Crippen LogP contribution in [0.2, 0.25) is 0 Å². The van der Waals surface area contributed by atoms with Crippen molar-refractivity contribution in [2.24, 2.45) is 0 Å². The highest BCUT2D eigenvalue weighted by molar-refractivity contribution is 7.99. The molecule has 2 N–H and O–H groups in total. The molecule has 0 radical (unpaired) electrons. The van der Waals surface area contributed by atoms with E-state index in [1.54, 1.807) is 13.8 Å². The van der Waals surface area contributed by atoms with E-state index in [-0.39, 0.29) is 5.91 Å². The fraction of sp³-hybridized carbons (Fsp3) is 0.750. The molecule has 0 saturated carbocycles. The molecule has 1 amide bonds. The average Bonchev–Trinajstić information content (AvgIpc) is 2.45. The van der Waals surface area contributed by atoms with Crippen molar-refractivity contribution in [3.8, 4) is 0 Å². The topological polar surface area (TPSA) is 95.9 Å². The summed E-state index contributed by atoms with van der Waals surface area (Å²) >= 11 is 1.52. The van der Waals surface area contributed by atoms with E-state index in [4.69, 9.17) is 5.11 Å². The minimum absolute atomic E-state index is 0.312. The zero-order valence-electron chi connectivity index (χ0n) is 11.8. The highest BCUT2D eigenvalue weighted by Gasteiger charge is 2.35. The van der Waals surface area contributed by atoms with Gasteiger partial charge in [-0.2, -0.15) is 11.8 Å². The second-order valence-corrected chi connectivity index (χ2v) is 5.74. The average molecular weight is 304 g/mol. The molecule has 114 valence electrons. The minimum Gasteiger partial charge on any atom is -0.480 e. The fourth-order valence-corrected chi connectivity index (χ4v) is 3.05. The zero-order chi connectivity index (χ0) is 15.3. The van der Waals surface area contributed by atoms with Crippen molar-refractivity contribution in [3.63, 3.8) is 0 Å². The first-order chi connectivity index (χ1) is 9.38. The predicted octanol–water partition coefficient (Wildman–Crippen LogP) is -0.445. The summed E-state index contributed by atoms with van der Waals surface area (Å²) in [6, 6.07) is -2.07. The molecule has 0 aromatic carbocycles. The Balaban J connectivity index is 2.67. The van der Waals surface area contributed by atoms with Crippen molar-refractivity contribution in [3.05, 3.63) is 0 Å². The lowest BCUT2D eigenvalue weighted by molar-refractivity contribution is -0.150. The van der Waals surface area contributed by atoms with Gasteiger partial charge in [0.1, 0.15) is 12.1 Å². The number of carboxylic acid groups (broad SMARTS) is 1. The van der Waals surface area contributed by atoms with E-state index in [2.05, 4.69) is 10.1 Å². The molecule has 20 heavy (non-hydrogen) atoms. The van der Waals surface area contributed by atoms with E-state index in [1.807, 2.05) is 0 Å². The fourth-order valence-electron chi connectivity index (χ4n) is 2.01. The number of rotatable bonds is 5. The molecule has 1 fully saturated rings. The van der Waals surface area contributed by atoms with Gasteiger partial charge in [0.05, 0.1) is 13.2 Å². The summed E-state index contributed by atoms with van der Waals surface area (Å²) in [6.07, 6.45) is 0. The Morgan fingerprint density at radius 3 is 2.55 bits per heavy atom. The van der Waals surface area contributed by atoms with E-state index >= 15 is 0 Å². The Kier molecular flexibility index (Phi) is 6.28. The highest BCUT2D eigenvalue weighted by Crippen LogP contribution is 2.17. The van der Waals surface area contributed by atoms with Gasteiger partial charge >= 0.3 is 11.9 Å². The molecule has 0 aliphatic carbocycles. The molecule has 0 spiro atoms. The van der Waals surface area contributed by atoms with Crippen molar-refractivity contribution in [1.82, 2.24) is 10.2 Å². The lowest BCUT2D eigenvalue weighted by Crippen LogP contribution is -2.57. The maximum Gasteiger partial charge on any atom is 0.327 e. The van der Waals surface area contributed by atoms with Crippen molar-refractivity contribution in [2.45, 2.75) is 32.0 Å². The zero-order valence-corrected chi connectivity index (χ0v) is 12.6. The summed E-state index contributed by atoms with van der Waals surface area (Å²) < 4.78 is 4.57. The SMILES string of the molecule is COC(=O)C(C)N[C@@H](C)C(=O)N1CCSCC1C(=O)O. The largest absolute Gasteiger partial charge is 0.480 e. The number of hydrogen-bond donors (Lipinski definition) is 2. The van der Waals surface area contributed by atoms with Crippen LogP contribution < -0.4 is 5.32 Å². The van der Waals surface area contributed by atoms with Crippen molar-refractivity contribution < 1.29 is 24.2 Å². The quantitative estimate of drug-likeness (QED) is 0.664. The number of hydrogen-bond acceptors (Lipinski definition) is 6. The van der Waals surface area contributed by atoms with Crippen LogP contribution in [-0.2, 0) is 19.1 Å². The van der Waals surface area contributed by atoms with E-state index in [9.17, 15) is 14.4 Å². The maximum atomic E-state index is 12.3. The normalized spacial score (nSPS) is 21.9. The lowest BCUT2D eigenvalue weighted by Gasteiger charge is -2.34. The van der Waals surface area contributed by atoms with E-state index < -0.39 is 30.1 Å². The van der Waals surface area contributed by atoms with E-state index in [0.29, 0.717) is 12.3 Å². The van der Waals surface area contributed by atoms with Crippen molar-refractivity contribution >= 4 is 29.6 Å². The molecule has 1 heterocycles. The van der Waals surface area contributed by atoms with Crippen LogP contribution in [0.5, 0.6) is 0 Å². The Bertz CT molecular complexity index is 390. The first-order valence-electron chi connectivity index (χ1n) is 6.33. The molecular formula is C12H20N2O5S. The van der Waals surface area contributed by atoms with Gasteiger partial charge in [0, 0.05) is 18.1 Å². The monoisotopic (exact) mass is 304 g/mol. The molecule has 8 heteroatoms. The van der Waals surface area contributed by atoms with Crippen LogP contribution in [0.25, 0.3) is 0 Å². The third-order valence-electron chi connectivity index (χ3n) is 3.12. The number of thioether (sulfide) groups is 1. The first kappa shape index (κ1) is 16.8. The molecular weight excluding hydrogens is 284 g/mol. The lowest BCUT2D eigenvalue weighted by atomic mass is 10.2. The standard InChI is InChI=1S/C12H20N2O5S/c1-7(13-8(2)12(18)19-3)10(15)14-4-5-20-6-9(14)11(16)17/h7-9,13H,4-6H2,1-3H3,(H,16,17)/t7-,8?,9?/m0/s1. The van der Waals surface area contributed by atoms with Crippen LogP contribution in [0.4, 0.5) is 0 Å². The molecule has 0 bridgehead atoms. The van der Waals surface area contributed by atoms with Crippen molar-refractivity contribution in [2.75, 3.05) is 25.2 Å².